The molecule has 0 radical (unpaired) electrons. The molecule has 1 aromatic carbocycles. The molecule has 0 spiro atoms. The first-order valence-electron chi connectivity index (χ1n) is 13.7. The standard InChI is InChI=1S/C26H56N2OSi4/c1-13-27(14-2)26(28(15-3)16-4)30-20-19-22-17-18-23(31(7)8)25(32(9)10)24(22)21(5)33(11,12)29-6/h17-18,21,26,31-32H,13-16,19-20,30H2,1-12H3. The van der Waals surface area contributed by atoms with Crippen molar-refractivity contribution in [2.24, 2.45) is 0 Å². The van der Waals surface area contributed by atoms with E-state index in [1.807, 2.05) is 12.3 Å². The Balaban J connectivity index is 3.38. The van der Waals surface area contributed by atoms with Crippen molar-refractivity contribution in [2.45, 2.75) is 97.7 Å². The lowest BCUT2D eigenvalue weighted by Gasteiger charge is -2.38. The fraction of sp³-hybridized carbons (Fsp3) is 0.769. The smallest absolute Gasteiger partial charge is 0.193 e. The van der Waals surface area contributed by atoms with Gasteiger partial charge in [0.2, 0.25) is 0 Å². The molecule has 0 aliphatic carbocycles. The van der Waals surface area contributed by atoms with E-state index in [0.29, 0.717) is 11.3 Å². The Labute approximate surface area is 213 Å². The van der Waals surface area contributed by atoms with Crippen molar-refractivity contribution < 1.29 is 4.43 Å². The lowest BCUT2D eigenvalue weighted by atomic mass is 10.0. The predicted octanol–water partition coefficient (Wildman–Crippen LogP) is 3.67. The second-order valence-corrected chi connectivity index (χ2v) is 23.1. The number of hydrogen-bond acceptors (Lipinski definition) is 3. The summed E-state index contributed by atoms with van der Waals surface area (Å²) in [6.45, 7) is 31.4. The first-order chi connectivity index (χ1) is 15.5. The molecule has 192 valence electrons. The topological polar surface area (TPSA) is 15.7 Å². The summed E-state index contributed by atoms with van der Waals surface area (Å²) in [5.41, 5.74) is 3.93. The molecule has 3 nitrogen and oxygen atoms in total. The van der Waals surface area contributed by atoms with Crippen LogP contribution in [-0.4, -0.2) is 84.3 Å². The summed E-state index contributed by atoms with van der Waals surface area (Å²) in [5, 5.41) is 3.55. The first kappa shape index (κ1) is 31.0. The summed E-state index contributed by atoms with van der Waals surface area (Å²) in [5.74, 6) is 0.696. The quantitative estimate of drug-likeness (QED) is 0.257. The number of aryl methyl sites for hydroxylation is 1. The second-order valence-electron chi connectivity index (χ2n) is 10.8. The SMILES string of the molecule is CCN(CC)C([SiH2]CCc1ccc([SiH](C)C)c([SiH](C)C)c1C(C)[Si](C)(C)OC)N(CC)CC. The molecule has 0 aliphatic heterocycles. The average Bonchev–Trinajstić information content (AvgIpc) is 2.78. The fourth-order valence-corrected chi connectivity index (χ4v) is 14.8. The van der Waals surface area contributed by atoms with E-state index < -0.39 is 25.9 Å². The Kier molecular flexibility index (Phi) is 13.6. The van der Waals surface area contributed by atoms with E-state index in [-0.39, 0.29) is 9.52 Å². The summed E-state index contributed by atoms with van der Waals surface area (Å²) in [4.78, 5) is 5.42. The second kappa shape index (κ2) is 14.5. The molecule has 0 fully saturated rings. The van der Waals surface area contributed by atoms with Gasteiger partial charge < -0.3 is 4.43 Å². The van der Waals surface area contributed by atoms with Gasteiger partial charge in [-0.2, -0.15) is 0 Å². The predicted molar refractivity (Wildman–Crippen MR) is 163 cm³/mol. The number of rotatable bonds is 15. The van der Waals surface area contributed by atoms with Crippen LogP contribution in [-0.2, 0) is 10.8 Å². The van der Waals surface area contributed by atoms with Crippen molar-refractivity contribution in [1.82, 2.24) is 9.80 Å². The summed E-state index contributed by atoms with van der Waals surface area (Å²) in [6.07, 6.45) is 1.26. The summed E-state index contributed by atoms with van der Waals surface area (Å²) in [6, 6.07) is 6.47. The minimum atomic E-state index is -1.78. The molecule has 33 heavy (non-hydrogen) atoms. The Hall–Kier alpha value is -0.0325. The minimum Gasteiger partial charge on any atom is -0.420 e. The lowest BCUT2D eigenvalue weighted by Crippen LogP contribution is -2.52. The van der Waals surface area contributed by atoms with Gasteiger partial charge in [0.05, 0.1) is 27.1 Å². The largest absolute Gasteiger partial charge is 0.420 e. The van der Waals surface area contributed by atoms with Crippen molar-refractivity contribution in [3.63, 3.8) is 0 Å². The molecule has 0 amide bonds. The van der Waals surface area contributed by atoms with Gasteiger partial charge in [0, 0.05) is 18.4 Å². The van der Waals surface area contributed by atoms with Crippen LogP contribution in [0.1, 0.15) is 51.3 Å². The van der Waals surface area contributed by atoms with Crippen LogP contribution in [0.5, 0.6) is 0 Å². The summed E-state index contributed by atoms with van der Waals surface area (Å²) in [7, 11) is -1.87. The molecule has 0 bridgehead atoms. The molecule has 0 aromatic heterocycles. The van der Waals surface area contributed by atoms with E-state index in [9.17, 15) is 0 Å². The van der Waals surface area contributed by atoms with E-state index in [1.54, 1.807) is 16.3 Å². The molecular formula is C26H56N2OSi4. The molecule has 0 aliphatic rings. The van der Waals surface area contributed by atoms with Crippen LogP contribution in [0.4, 0.5) is 0 Å². The van der Waals surface area contributed by atoms with E-state index in [4.69, 9.17) is 4.43 Å². The number of benzene rings is 1. The van der Waals surface area contributed by atoms with Gasteiger partial charge in [-0.15, -0.1) is 0 Å². The minimum absolute atomic E-state index is 0.242. The molecule has 1 atom stereocenters. The van der Waals surface area contributed by atoms with Gasteiger partial charge in [-0.1, -0.05) is 89.4 Å². The Morgan fingerprint density at radius 1 is 0.909 bits per heavy atom. The van der Waals surface area contributed by atoms with Gasteiger partial charge in [0.1, 0.15) is 0 Å². The van der Waals surface area contributed by atoms with Crippen molar-refractivity contribution in [1.29, 1.82) is 0 Å². The third-order valence-electron chi connectivity index (χ3n) is 7.99. The zero-order valence-corrected chi connectivity index (χ0v) is 28.9. The van der Waals surface area contributed by atoms with Crippen LogP contribution in [0.25, 0.3) is 0 Å². The van der Waals surface area contributed by atoms with Crippen molar-refractivity contribution >= 4 is 45.8 Å². The molecular weight excluding hydrogens is 469 g/mol. The number of hydrogen-bond donors (Lipinski definition) is 0. The van der Waals surface area contributed by atoms with Gasteiger partial charge in [-0.05, 0) is 56.8 Å². The van der Waals surface area contributed by atoms with Gasteiger partial charge in [0.25, 0.3) is 0 Å². The van der Waals surface area contributed by atoms with Crippen molar-refractivity contribution in [2.75, 3.05) is 33.3 Å². The van der Waals surface area contributed by atoms with E-state index in [2.05, 4.69) is 95.8 Å². The van der Waals surface area contributed by atoms with Gasteiger partial charge in [0.15, 0.2) is 8.32 Å². The van der Waals surface area contributed by atoms with Crippen LogP contribution in [0.3, 0.4) is 0 Å². The van der Waals surface area contributed by atoms with Crippen LogP contribution < -0.4 is 10.4 Å². The summed E-state index contributed by atoms with van der Waals surface area (Å²) >= 11 is 0. The van der Waals surface area contributed by atoms with Crippen molar-refractivity contribution in [3.8, 4) is 0 Å². The van der Waals surface area contributed by atoms with Crippen LogP contribution >= 0.6 is 0 Å². The normalized spacial score (nSPS) is 14.2. The maximum Gasteiger partial charge on any atom is 0.193 e. The summed E-state index contributed by atoms with van der Waals surface area (Å²) < 4.78 is 6.17. The molecule has 1 aromatic rings. The van der Waals surface area contributed by atoms with E-state index in [1.165, 1.54) is 12.5 Å². The third kappa shape index (κ3) is 7.98. The Morgan fingerprint density at radius 2 is 1.42 bits per heavy atom. The van der Waals surface area contributed by atoms with Gasteiger partial charge >= 0.3 is 0 Å². The molecule has 0 saturated carbocycles. The average molecular weight is 525 g/mol. The molecule has 0 heterocycles. The lowest BCUT2D eigenvalue weighted by molar-refractivity contribution is 0.115. The van der Waals surface area contributed by atoms with E-state index in [0.717, 1.165) is 26.2 Å². The molecule has 0 N–H and O–H groups in total. The fourth-order valence-electron chi connectivity index (χ4n) is 5.46. The zero-order valence-electron chi connectivity index (χ0n) is 24.2. The highest BCUT2D eigenvalue weighted by Gasteiger charge is 2.34. The monoisotopic (exact) mass is 524 g/mol. The molecule has 7 heteroatoms. The Morgan fingerprint density at radius 3 is 1.82 bits per heavy atom. The highest BCUT2D eigenvalue weighted by atomic mass is 28.4. The zero-order chi connectivity index (χ0) is 25.3. The first-order valence-corrected chi connectivity index (χ1v) is 24.3. The highest BCUT2D eigenvalue weighted by Crippen LogP contribution is 2.29. The van der Waals surface area contributed by atoms with Gasteiger partial charge in [-0.3, -0.25) is 9.80 Å². The third-order valence-corrected chi connectivity index (χ3v) is 17.6. The Bertz CT molecular complexity index is 692. The van der Waals surface area contributed by atoms with E-state index >= 15 is 0 Å². The van der Waals surface area contributed by atoms with Crippen LogP contribution in [0.2, 0.25) is 45.3 Å². The van der Waals surface area contributed by atoms with Crippen molar-refractivity contribution in [3.05, 3.63) is 23.3 Å². The molecule has 1 unspecified atom stereocenters. The van der Waals surface area contributed by atoms with Gasteiger partial charge in [-0.25, -0.2) is 0 Å². The van der Waals surface area contributed by atoms with Crippen LogP contribution in [0, 0.1) is 0 Å². The maximum atomic E-state index is 6.17. The number of nitrogens with zero attached hydrogens (tertiary/aromatic N) is 2. The highest BCUT2D eigenvalue weighted by molar-refractivity contribution is 6.83. The van der Waals surface area contributed by atoms with Crippen LogP contribution in [0.15, 0.2) is 12.1 Å². The molecule has 0 saturated heterocycles. The molecule has 1 rings (SSSR count). The maximum absolute atomic E-state index is 6.17.